The van der Waals surface area contributed by atoms with Crippen molar-refractivity contribution in [3.05, 3.63) is 93.0 Å². The number of fused-ring (bicyclic) bond motifs is 3. The van der Waals surface area contributed by atoms with Crippen LogP contribution in [0.5, 0.6) is 11.5 Å². The van der Waals surface area contributed by atoms with E-state index < -0.39 is 165 Å². The lowest BCUT2D eigenvalue weighted by Gasteiger charge is -2.14. The van der Waals surface area contributed by atoms with Gasteiger partial charge in [0.1, 0.15) is 45.8 Å². The van der Waals surface area contributed by atoms with Gasteiger partial charge in [-0.1, -0.05) is 0 Å². The molecule has 0 aliphatic rings. The van der Waals surface area contributed by atoms with Gasteiger partial charge in [0.2, 0.25) is 0 Å². The molecule has 0 radical (unpaired) electrons. The van der Waals surface area contributed by atoms with Crippen LogP contribution in [-0.4, -0.2) is 111 Å². The first-order chi connectivity index (χ1) is 35.5. The van der Waals surface area contributed by atoms with Crippen molar-refractivity contribution >= 4 is 154 Å². The minimum absolute atomic E-state index is 0.151. The summed E-state index contributed by atoms with van der Waals surface area (Å²) in [6.45, 7) is 0. The molecule has 7 aromatic carbocycles. The average molecular weight is 1250 g/mol. The fourth-order valence-electron chi connectivity index (χ4n) is 6.73. The molecule has 0 unspecified atom stereocenters. The molecule has 0 aliphatic carbocycles. The van der Waals surface area contributed by atoms with E-state index in [9.17, 15) is 103 Å². The van der Waals surface area contributed by atoms with Crippen molar-refractivity contribution in [3.63, 3.8) is 0 Å². The number of nitrogen functional groups attached to an aromatic ring is 7. The van der Waals surface area contributed by atoms with Crippen LogP contribution in [0.4, 0.5) is 51.2 Å². The fraction of sp³-hybridized carbons (Fsp3) is 0. The predicted octanol–water partition coefficient (Wildman–Crippen LogP) is 1.24. The van der Waals surface area contributed by atoms with Crippen LogP contribution in [0.15, 0.2) is 107 Å². The number of rotatable bonds is 9. The third-order valence-electron chi connectivity index (χ3n) is 10.1. The molecule has 0 aliphatic heterocycles. The zero-order chi connectivity index (χ0) is 61.0. The summed E-state index contributed by atoms with van der Waals surface area (Å²) in [4.78, 5) is 13.6. The van der Waals surface area contributed by atoms with Crippen molar-refractivity contribution in [2.24, 2.45) is 0 Å². The maximum absolute atomic E-state index is 11.4. The first-order valence-corrected chi connectivity index (χ1v) is 29.5. The van der Waals surface area contributed by atoms with E-state index in [0.29, 0.717) is 24.3 Å². The van der Waals surface area contributed by atoms with E-state index in [-0.39, 0.29) is 44.6 Å². The molecule has 7 rings (SSSR count). The lowest BCUT2D eigenvalue weighted by molar-refractivity contribution is -0.385. The molecule has 0 atom stereocenters. The first kappa shape index (κ1) is 63.2. The highest BCUT2D eigenvalue weighted by Crippen LogP contribution is 2.44. The standard InChI is InChI=1S/C10H11N3O7S2.C10H8N2O8S2.C10H10N2O7S2.C6H6N2O5S/c11-4-2-5(21(15,16)17)3-1-6(22(18,19)20)9(13)10(14)7(3)8(4)12;11-5-1-7-8(9(2-5)21(15,16)17)3-6(12(13)14)4-10(7)22(18,19)20;11-6-2-1-4-5(10(6)21(17,18)19)3-7(20(14,15)16)8(12)9(4)13;7-5-2-1-4(8(9)10)3-6(5)14(11,12)13/h1-2,14H,11-13H2,(H,15,16,17)(H,18,19,20);1-4H,11H2,(H,15,16,17)(H,18,19,20);1-3,13H,11-12H2,(H,14,15,16)(H,17,18,19);1-3H,7H2,(H,11,12,13). The van der Waals surface area contributed by atoms with Gasteiger partial charge in [-0.2, -0.15) is 58.9 Å². The number of anilines is 7. The van der Waals surface area contributed by atoms with Crippen LogP contribution < -0.4 is 40.1 Å². The number of hydrogen-bond donors (Lipinski definition) is 16. The number of benzene rings is 7. The Labute approximate surface area is 441 Å². The summed E-state index contributed by atoms with van der Waals surface area (Å²) >= 11 is 0. The zero-order valence-corrected chi connectivity index (χ0v) is 43.8. The Morgan fingerprint density at radius 3 is 1.18 bits per heavy atom. The molecule has 0 saturated heterocycles. The Hall–Kier alpha value is -8.31. The Kier molecular flexibility index (Phi) is 17.2. The van der Waals surface area contributed by atoms with E-state index in [1.54, 1.807) is 0 Å². The second kappa shape index (κ2) is 21.5. The molecule has 0 amide bonds. The Balaban J connectivity index is 0.000000230. The highest BCUT2D eigenvalue weighted by atomic mass is 32.2. The molecule has 0 bridgehead atoms. The van der Waals surface area contributed by atoms with Gasteiger partial charge >= 0.3 is 0 Å². The Bertz CT molecular complexity index is 4620. The molecule has 0 spiro atoms. The van der Waals surface area contributed by atoms with Crippen molar-refractivity contribution in [1.29, 1.82) is 0 Å². The summed E-state index contributed by atoms with van der Waals surface area (Å²) in [5.41, 5.74) is 34.1. The SMILES string of the molecule is Nc1cc(S(=O)(=O)O)c2cc(S(=O)(=O)O)c(N)c(O)c2c1N.Nc1cc(S(=O)(=O)O)c2cc([N+](=O)[O-])cc(S(=O)(=O)O)c2c1.Nc1ccc([N+](=O)[O-])cc1S(=O)(=O)O.Nc1ccc2c(O)c(N)c(S(=O)(=O)O)cc2c1S(=O)(=O)O. The quantitative estimate of drug-likeness (QED) is 0.0318. The number of nitro groups is 2. The van der Waals surface area contributed by atoms with Gasteiger partial charge in [0.05, 0.1) is 49.4 Å². The van der Waals surface area contributed by atoms with E-state index in [1.165, 1.54) is 6.07 Å². The number of non-ortho nitro benzene ring substituents is 2. The second-order valence-electron chi connectivity index (χ2n) is 15.3. The van der Waals surface area contributed by atoms with Crippen LogP contribution in [0.3, 0.4) is 0 Å². The van der Waals surface area contributed by atoms with Crippen molar-refractivity contribution in [1.82, 2.24) is 0 Å². The molecule has 79 heavy (non-hydrogen) atoms. The number of nitrogens with two attached hydrogens (primary N) is 7. The topological polar surface area (TPSA) is 689 Å². The van der Waals surface area contributed by atoms with Gasteiger partial charge < -0.3 is 50.3 Å². The number of nitrogens with zero attached hydrogens (tertiary/aromatic N) is 2. The zero-order valence-electron chi connectivity index (χ0n) is 38.1. The summed E-state index contributed by atoms with van der Waals surface area (Å²) in [5.74, 6) is -1.65. The minimum Gasteiger partial charge on any atom is -0.505 e. The molecule has 428 valence electrons. The van der Waals surface area contributed by atoms with Gasteiger partial charge in [-0.25, -0.2) is 0 Å². The minimum atomic E-state index is -4.90. The molecular formula is C36H35N9O27S7. The third kappa shape index (κ3) is 13.9. The van der Waals surface area contributed by atoms with Crippen LogP contribution in [0, 0.1) is 20.2 Å². The van der Waals surface area contributed by atoms with Gasteiger partial charge in [-0.3, -0.25) is 52.1 Å². The number of aromatic hydroxyl groups is 2. The normalized spacial score (nSPS) is 12.3. The van der Waals surface area contributed by atoms with Crippen molar-refractivity contribution in [2.75, 3.05) is 40.1 Å². The van der Waals surface area contributed by atoms with E-state index in [4.69, 9.17) is 58.3 Å². The van der Waals surface area contributed by atoms with Gasteiger partial charge in [-0.05, 0) is 48.5 Å². The maximum Gasteiger partial charge on any atom is 0.297 e. The number of phenolic OH excluding ortho intramolecular Hbond substituents is 2. The van der Waals surface area contributed by atoms with Crippen LogP contribution in [-0.2, 0) is 70.8 Å². The lowest BCUT2D eigenvalue weighted by Crippen LogP contribution is -2.08. The Morgan fingerprint density at radius 2 is 0.734 bits per heavy atom. The van der Waals surface area contributed by atoms with Crippen molar-refractivity contribution in [2.45, 2.75) is 34.3 Å². The molecule has 36 nitrogen and oxygen atoms in total. The van der Waals surface area contributed by atoms with Crippen molar-refractivity contribution < 1.29 is 111 Å². The van der Waals surface area contributed by atoms with Crippen LogP contribution in [0.25, 0.3) is 32.3 Å². The summed E-state index contributed by atoms with van der Waals surface area (Å²) in [6, 6.07) is 10.4. The fourth-order valence-corrected chi connectivity index (χ4v) is 11.6. The van der Waals surface area contributed by atoms with Crippen LogP contribution in [0.1, 0.15) is 0 Å². The maximum atomic E-state index is 11.4. The highest BCUT2D eigenvalue weighted by Gasteiger charge is 2.29. The van der Waals surface area contributed by atoms with E-state index in [1.807, 2.05) is 0 Å². The highest BCUT2D eigenvalue weighted by molar-refractivity contribution is 7.87. The van der Waals surface area contributed by atoms with Crippen molar-refractivity contribution in [3.8, 4) is 11.5 Å². The van der Waals surface area contributed by atoms with Gasteiger partial charge in [0.15, 0.2) is 0 Å². The summed E-state index contributed by atoms with van der Waals surface area (Å²) < 4.78 is 221. The smallest absolute Gasteiger partial charge is 0.297 e. The molecule has 43 heteroatoms. The Morgan fingerprint density at radius 1 is 0.342 bits per heavy atom. The average Bonchev–Trinajstić information content (AvgIpc) is 3.27. The molecule has 7 aromatic rings. The van der Waals surface area contributed by atoms with Crippen LogP contribution in [0.2, 0.25) is 0 Å². The van der Waals surface area contributed by atoms with E-state index in [0.717, 1.165) is 42.5 Å². The monoisotopic (exact) mass is 1250 g/mol. The molecule has 0 fully saturated rings. The molecule has 0 aromatic heterocycles. The van der Waals surface area contributed by atoms with Crippen LogP contribution >= 0.6 is 0 Å². The molecule has 0 heterocycles. The predicted molar refractivity (Wildman–Crippen MR) is 275 cm³/mol. The number of nitro benzene ring substituents is 2. The van der Waals surface area contributed by atoms with Gasteiger partial charge in [0, 0.05) is 56.9 Å². The first-order valence-electron chi connectivity index (χ1n) is 19.4. The largest absolute Gasteiger partial charge is 0.505 e. The number of hydrogen-bond acceptors (Lipinski definition) is 27. The van der Waals surface area contributed by atoms with E-state index >= 15 is 0 Å². The van der Waals surface area contributed by atoms with Gasteiger partial charge in [-0.15, -0.1) is 0 Å². The molecular weight excluding hydrogens is 1210 g/mol. The summed E-state index contributed by atoms with van der Waals surface area (Å²) in [5, 5.41) is 38.8. The van der Waals surface area contributed by atoms with E-state index in [2.05, 4.69) is 0 Å². The summed E-state index contributed by atoms with van der Waals surface area (Å²) in [6.07, 6.45) is 0. The molecule has 0 saturated carbocycles. The third-order valence-corrected chi connectivity index (χ3v) is 16.4. The number of phenols is 2. The lowest BCUT2D eigenvalue weighted by atomic mass is 10.1. The molecule has 23 N–H and O–H groups in total. The van der Waals surface area contributed by atoms with Gasteiger partial charge in [0.25, 0.3) is 82.2 Å². The summed E-state index contributed by atoms with van der Waals surface area (Å²) in [7, 11) is -33.6. The second-order valence-corrected chi connectivity index (χ2v) is 25.0.